The van der Waals surface area contributed by atoms with E-state index in [4.69, 9.17) is 5.73 Å². The van der Waals surface area contributed by atoms with E-state index in [1.165, 1.54) is 0 Å². The molecule has 0 spiro atoms. The minimum Gasteiger partial charge on any atom is -0.382 e. The largest absolute Gasteiger partial charge is 0.382 e. The lowest BCUT2D eigenvalue weighted by molar-refractivity contribution is 1.10. The van der Waals surface area contributed by atoms with E-state index in [1.807, 2.05) is 19.1 Å². The number of hydrogen-bond donors (Lipinski definition) is 2. The Morgan fingerprint density at radius 2 is 2.14 bits per heavy atom. The Hall–Kier alpha value is -1.55. The van der Waals surface area contributed by atoms with Crippen LogP contribution in [0.1, 0.15) is 5.69 Å². The number of nitrogens with one attached hydrogen (secondary N) is 1. The summed E-state index contributed by atoms with van der Waals surface area (Å²) in [4.78, 5) is 4.18. The van der Waals surface area contributed by atoms with Crippen molar-refractivity contribution in [2.75, 3.05) is 5.73 Å². The Morgan fingerprint density at radius 3 is 2.64 bits per heavy atom. The summed E-state index contributed by atoms with van der Waals surface area (Å²) in [5, 5.41) is 6.67. The molecule has 0 amide bonds. The Kier molecular flexibility index (Phi) is 3.09. The van der Waals surface area contributed by atoms with Gasteiger partial charge in [0.1, 0.15) is 5.82 Å². The van der Waals surface area contributed by atoms with Crippen LogP contribution in [-0.2, 0) is 0 Å². The van der Waals surface area contributed by atoms with Crippen molar-refractivity contribution in [1.82, 2.24) is 15.2 Å². The first-order valence-electron chi connectivity index (χ1n) is 3.99. The van der Waals surface area contributed by atoms with Gasteiger partial charge in [0.2, 0.25) is 0 Å². The Bertz CT molecular complexity index is 407. The summed E-state index contributed by atoms with van der Waals surface area (Å²) in [7, 11) is 0. The first kappa shape index (κ1) is 10.5. The Labute approximate surface area is 88.0 Å². The van der Waals surface area contributed by atoms with Gasteiger partial charge in [-0.15, -0.1) is 12.4 Å². The van der Waals surface area contributed by atoms with Crippen LogP contribution in [0.15, 0.2) is 24.4 Å². The van der Waals surface area contributed by atoms with Crippen molar-refractivity contribution in [2.45, 2.75) is 6.92 Å². The first-order chi connectivity index (χ1) is 6.25. The predicted octanol–water partition coefficient (Wildman–Crippen LogP) is 1.78. The zero-order valence-corrected chi connectivity index (χ0v) is 8.51. The van der Waals surface area contributed by atoms with Crippen LogP contribution in [0.25, 0.3) is 11.3 Å². The van der Waals surface area contributed by atoms with Gasteiger partial charge in [-0.2, -0.15) is 5.10 Å². The van der Waals surface area contributed by atoms with Gasteiger partial charge in [-0.05, 0) is 19.1 Å². The quantitative estimate of drug-likeness (QED) is 0.754. The molecule has 0 aliphatic heterocycles. The fourth-order valence-corrected chi connectivity index (χ4v) is 1.11. The monoisotopic (exact) mass is 210 g/mol. The molecule has 2 rings (SSSR count). The molecular formula is C9H11ClN4. The van der Waals surface area contributed by atoms with E-state index in [2.05, 4.69) is 15.2 Å². The molecule has 0 fully saturated rings. The number of nitrogens with two attached hydrogens (primary N) is 1. The third-order valence-electron chi connectivity index (χ3n) is 1.82. The number of anilines is 1. The van der Waals surface area contributed by atoms with E-state index in [9.17, 15) is 0 Å². The van der Waals surface area contributed by atoms with Crippen molar-refractivity contribution in [2.24, 2.45) is 0 Å². The molecule has 4 nitrogen and oxygen atoms in total. The highest BCUT2D eigenvalue weighted by Gasteiger charge is 2.00. The lowest BCUT2D eigenvalue weighted by Gasteiger charge is -1.95. The number of pyridine rings is 1. The minimum absolute atomic E-state index is 0. The normalized spacial score (nSPS) is 9.50. The lowest BCUT2D eigenvalue weighted by atomic mass is 10.2. The number of aryl methyl sites for hydroxylation is 1. The second-order valence-corrected chi connectivity index (χ2v) is 2.89. The van der Waals surface area contributed by atoms with Crippen LogP contribution in [0.3, 0.4) is 0 Å². The van der Waals surface area contributed by atoms with Crippen LogP contribution in [-0.4, -0.2) is 15.2 Å². The minimum atomic E-state index is 0. The van der Waals surface area contributed by atoms with Gasteiger partial charge in [-0.25, -0.2) is 0 Å². The molecule has 0 atom stereocenters. The van der Waals surface area contributed by atoms with E-state index in [1.54, 1.807) is 12.3 Å². The van der Waals surface area contributed by atoms with Gasteiger partial charge in [0.15, 0.2) is 0 Å². The summed E-state index contributed by atoms with van der Waals surface area (Å²) >= 11 is 0. The highest BCUT2D eigenvalue weighted by atomic mass is 35.5. The molecule has 0 aliphatic carbocycles. The molecule has 3 N–H and O–H groups in total. The fraction of sp³-hybridized carbons (Fsp3) is 0.111. The third kappa shape index (κ3) is 2.03. The number of rotatable bonds is 1. The third-order valence-corrected chi connectivity index (χ3v) is 1.82. The van der Waals surface area contributed by atoms with Crippen LogP contribution in [0.5, 0.6) is 0 Å². The first-order valence-corrected chi connectivity index (χ1v) is 3.99. The molecule has 14 heavy (non-hydrogen) atoms. The summed E-state index contributed by atoms with van der Waals surface area (Å²) in [5.41, 5.74) is 8.37. The fourth-order valence-electron chi connectivity index (χ4n) is 1.11. The molecule has 74 valence electrons. The van der Waals surface area contributed by atoms with Crippen molar-refractivity contribution in [3.8, 4) is 11.3 Å². The second-order valence-electron chi connectivity index (χ2n) is 2.89. The van der Waals surface area contributed by atoms with Crippen molar-refractivity contribution in [3.05, 3.63) is 30.1 Å². The number of nitrogens with zero attached hydrogens (tertiary/aromatic N) is 2. The molecule has 2 heterocycles. The van der Waals surface area contributed by atoms with Gasteiger partial charge in [-0.3, -0.25) is 10.1 Å². The van der Waals surface area contributed by atoms with Gasteiger partial charge in [0.05, 0.1) is 5.69 Å². The van der Waals surface area contributed by atoms with Crippen molar-refractivity contribution in [1.29, 1.82) is 0 Å². The topological polar surface area (TPSA) is 67.6 Å². The van der Waals surface area contributed by atoms with Crippen molar-refractivity contribution < 1.29 is 0 Å². The van der Waals surface area contributed by atoms with Gasteiger partial charge in [0, 0.05) is 23.5 Å². The van der Waals surface area contributed by atoms with Crippen LogP contribution in [0, 0.1) is 6.92 Å². The molecule has 5 heteroatoms. The standard InChI is InChI=1S/C9H10N4.ClH/c1-6-2-3-7(5-11-6)8-4-9(10)13-12-8;/h2-5H,1H3,(H3,10,12,13);1H. The average molecular weight is 211 g/mol. The Morgan fingerprint density at radius 1 is 1.36 bits per heavy atom. The highest BCUT2D eigenvalue weighted by Crippen LogP contribution is 2.16. The number of aromatic nitrogens is 3. The molecule has 0 unspecified atom stereocenters. The molecular weight excluding hydrogens is 200 g/mol. The highest BCUT2D eigenvalue weighted by molar-refractivity contribution is 5.85. The molecule has 0 aliphatic rings. The molecule has 2 aromatic heterocycles. The van der Waals surface area contributed by atoms with E-state index in [0.29, 0.717) is 5.82 Å². The zero-order chi connectivity index (χ0) is 9.26. The SMILES string of the molecule is Cc1ccc(-c2cc(N)n[nH]2)cn1.Cl. The van der Waals surface area contributed by atoms with E-state index < -0.39 is 0 Å². The number of nitrogen functional groups attached to an aromatic ring is 1. The molecule has 0 aromatic carbocycles. The van der Waals surface area contributed by atoms with Gasteiger partial charge in [-0.1, -0.05) is 0 Å². The summed E-state index contributed by atoms with van der Waals surface area (Å²) < 4.78 is 0. The number of aromatic amines is 1. The maximum absolute atomic E-state index is 5.48. The number of H-pyrrole nitrogens is 1. The second kappa shape index (κ2) is 4.11. The number of hydrogen-bond acceptors (Lipinski definition) is 3. The summed E-state index contributed by atoms with van der Waals surface area (Å²) in [6, 6.07) is 5.72. The molecule has 0 saturated heterocycles. The summed E-state index contributed by atoms with van der Waals surface area (Å²) in [6.45, 7) is 1.95. The van der Waals surface area contributed by atoms with E-state index >= 15 is 0 Å². The molecule has 0 bridgehead atoms. The summed E-state index contributed by atoms with van der Waals surface area (Å²) in [5.74, 6) is 0.496. The van der Waals surface area contributed by atoms with Crippen LogP contribution in [0.2, 0.25) is 0 Å². The van der Waals surface area contributed by atoms with Crippen molar-refractivity contribution in [3.63, 3.8) is 0 Å². The van der Waals surface area contributed by atoms with E-state index in [0.717, 1.165) is 17.0 Å². The van der Waals surface area contributed by atoms with Crippen LogP contribution >= 0.6 is 12.4 Å². The van der Waals surface area contributed by atoms with E-state index in [-0.39, 0.29) is 12.4 Å². The molecule has 0 saturated carbocycles. The van der Waals surface area contributed by atoms with Gasteiger partial charge >= 0.3 is 0 Å². The predicted molar refractivity (Wildman–Crippen MR) is 58.2 cm³/mol. The lowest BCUT2D eigenvalue weighted by Crippen LogP contribution is -1.82. The molecule has 2 aromatic rings. The number of halogens is 1. The Balaban J connectivity index is 0.000000980. The van der Waals surface area contributed by atoms with Crippen LogP contribution in [0.4, 0.5) is 5.82 Å². The van der Waals surface area contributed by atoms with Gasteiger partial charge in [0.25, 0.3) is 0 Å². The molecule has 0 radical (unpaired) electrons. The average Bonchev–Trinajstić information content (AvgIpc) is 2.53. The van der Waals surface area contributed by atoms with Crippen molar-refractivity contribution >= 4 is 18.2 Å². The summed E-state index contributed by atoms with van der Waals surface area (Å²) in [6.07, 6.45) is 1.79. The van der Waals surface area contributed by atoms with Crippen LogP contribution < -0.4 is 5.73 Å². The smallest absolute Gasteiger partial charge is 0.145 e. The van der Waals surface area contributed by atoms with Gasteiger partial charge < -0.3 is 5.73 Å². The maximum atomic E-state index is 5.48. The zero-order valence-electron chi connectivity index (χ0n) is 7.69. The maximum Gasteiger partial charge on any atom is 0.145 e.